The first-order valence-corrected chi connectivity index (χ1v) is 4.46. The van der Waals surface area contributed by atoms with Crippen LogP contribution in [0.4, 0.5) is 13.2 Å². The van der Waals surface area contributed by atoms with Crippen molar-refractivity contribution < 1.29 is 17.9 Å². The summed E-state index contributed by atoms with van der Waals surface area (Å²) in [6, 6.07) is 3.56. The van der Waals surface area contributed by atoms with E-state index < -0.39 is 11.7 Å². The Morgan fingerprint density at radius 2 is 1.94 bits per heavy atom. The zero-order valence-corrected chi connectivity index (χ0v) is 8.77. The number of ether oxygens (including phenoxy) is 1. The SMILES string of the molecule is C=Bc1cc(C(=C)OC)cc(C(F)(F)F)c1. The molecule has 84 valence electrons. The Morgan fingerprint density at radius 1 is 1.31 bits per heavy atom. The predicted octanol–water partition coefficient (Wildman–Crippen LogP) is 2.08. The summed E-state index contributed by atoms with van der Waals surface area (Å²) in [5, 5.41) is 0. The molecule has 0 heterocycles. The second-order valence-corrected chi connectivity index (χ2v) is 3.17. The molecule has 0 radical (unpaired) electrons. The maximum atomic E-state index is 12.5. The van der Waals surface area contributed by atoms with Crippen molar-refractivity contribution in [3.8, 4) is 0 Å². The van der Waals surface area contributed by atoms with E-state index in [1.54, 1.807) is 0 Å². The van der Waals surface area contributed by atoms with Gasteiger partial charge < -0.3 is 0 Å². The molecule has 1 aromatic rings. The van der Waals surface area contributed by atoms with Gasteiger partial charge in [0.2, 0.25) is 0 Å². The minimum absolute atomic E-state index is 0.189. The van der Waals surface area contributed by atoms with Crippen molar-refractivity contribution in [3.63, 3.8) is 0 Å². The second-order valence-electron chi connectivity index (χ2n) is 3.17. The van der Waals surface area contributed by atoms with Crippen molar-refractivity contribution in [3.05, 3.63) is 35.9 Å². The summed E-state index contributed by atoms with van der Waals surface area (Å²) < 4.78 is 42.4. The summed E-state index contributed by atoms with van der Waals surface area (Å²) in [4.78, 5) is 0. The van der Waals surface area contributed by atoms with E-state index in [9.17, 15) is 13.2 Å². The molecular weight excluding hydrogens is 216 g/mol. The Balaban J connectivity index is 3.32. The molecule has 5 heteroatoms. The molecule has 0 N–H and O–H groups in total. The zero-order valence-electron chi connectivity index (χ0n) is 8.77. The number of hydrogen-bond donors (Lipinski definition) is 0. The van der Waals surface area contributed by atoms with E-state index in [2.05, 4.69) is 13.0 Å². The van der Waals surface area contributed by atoms with Crippen LogP contribution in [0.15, 0.2) is 24.8 Å². The average molecular weight is 226 g/mol. The third-order valence-corrected chi connectivity index (χ3v) is 2.09. The van der Waals surface area contributed by atoms with Gasteiger partial charge in [-0.3, -0.25) is 0 Å². The quantitative estimate of drug-likeness (QED) is 0.566. The topological polar surface area (TPSA) is 9.23 Å². The van der Waals surface area contributed by atoms with Gasteiger partial charge in [-0.2, -0.15) is 0 Å². The van der Waals surface area contributed by atoms with Crippen LogP contribution in [0.1, 0.15) is 11.1 Å². The van der Waals surface area contributed by atoms with Crippen molar-refractivity contribution in [2.75, 3.05) is 7.11 Å². The Morgan fingerprint density at radius 3 is 2.38 bits per heavy atom. The number of benzene rings is 1. The van der Waals surface area contributed by atoms with E-state index in [1.165, 1.54) is 20.1 Å². The Labute approximate surface area is 92.5 Å². The molecule has 0 aliphatic carbocycles. The molecule has 0 atom stereocenters. The number of halogens is 3. The van der Waals surface area contributed by atoms with Crippen molar-refractivity contribution in [2.24, 2.45) is 0 Å². The number of methoxy groups -OCH3 is 1. The Hall–Kier alpha value is -1.52. The molecule has 0 amide bonds. The minimum atomic E-state index is -4.39. The normalized spacial score (nSPS) is 10.8. The molecule has 1 rings (SSSR count). The van der Waals surface area contributed by atoms with Crippen molar-refractivity contribution >= 4 is 24.6 Å². The molecule has 0 saturated carbocycles. The summed E-state index contributed by atoms with van der Waals surface area (Å²) in [5.41, 5.74) is -0.0617. The van der Waals surface area contributed by atoms with E-state index in [4.69, 9.17) is 4.74 Å². The van der Waals surface area contributed by atoms with Gasteiger partial charge in [-0.1, -0.05) is 0 Å². The molecular formula is C11H10BF3O. The maximum absolute atomic E-state index is 12.5. The number of hydrogen-bond acceptors (Lipinski definition) is 1. The van der Waals surface area contributed by atoms with Gasteiger partial charge in [-0.25, -0.2) is 0 Å². The van der Waals surface area contributed by atoms with Gasteiger partial charge >= 0.3 is 91.7 Å². The van der Waals surface area contributed by atoms with Gasteiger partial charge in [-0.05, 0) is 0 Å². The van der Waals surface area contributed by atoms with Gasteiger partial charge in [0.15, 0.2) is 0 Å². The molecule has 1 aromatic carbocycles. The fourth-order valence-electron chi connectivity index (χ4n) is 1.21. The summed E-state index contributed by atoms with van der Waals surface area (Å²) in [6.07, 6.45) is -4.39. The van der Waals surface area contributed by atoms with Gasteiger partial charge in [0.05, 0.1) is 0 Å². The van der Waals surface area contributed by atoms with Crippen molar-refractivity contribution in [2.45, 2.75) is 6.18 Å². The average Bonchev–Trinajstić information content (AvgIpc) is 2.26. The third kappa shape index (κ3) is 2.75. The van der Waals surface area contributed by atoms with Crippen LogP contribution in [0.5, 0.6) is 0 Å². The van der Waals surface area contributed by atoms with Crippen LogP contribution in [-0.4, -0.2) is 20.5 Å². The van der Waals surface area contributed by atoms with E-state index >= 15 is 0 Å². The molecule has 0 saturated heterocycles. The molecule has 1 nitrogen and oxygen atoms in total. The molecule has 16 heavy (non-hydrogen) atoms. The van der Waals surface area contributed by atoms with Crippen LogP contribution in [0.3, 0.4) is 0 Å². The fraction of sp³-hybridized carbons (Fsp3) is 0.182. The summed E-state index contributed by atoms with van der Waals surface area (Å²) in [5.74, 6) is 0.189. The molecule has 0 fully saturated rings. The second kappa shape index (κ2) is 4.55. The predicted molar refractivity (Wildman–Crippen MR) is 60.0 cm³/mol. The molecule has 0 unspecified atom stereocenters. The number of rotatable bonds is 3. The van der Waals surface area contributed by atoms with Crippen LogP contribution >= 0.6 is 0 Å². The molecule has 0 aromatic heterocycles. The molecule has 0 aliphatic rings. The van der Waals surface area contributed by atoms with Crippen LogP contribution in [0, 0.1) is 0 Å². The van der Waals surface area contributed by atoms with Crippen LogP contribution < -0.4 is 5.46 Å². The van der Waals surface area contributed by atoms with Gasteiger partial charge in [0, 0.05) is 0 Å². The molecule has 0 spiro atoms. The van der Waals surface area contributed by atoms with Crippen LogP contribution in [0.25, 0.3) is 5.76 Å². The van der Waals surface area contributed by atoms with Crippen molar-refractivity contribution in [1.82, 2.24) is 0 Å². The Kier molecular flexibility index (Phi) is 3.57. The van der Waals surface area contributed by atoms with E-state index in [1.807, 2.05) is 0 Å². The third-order valence-electron chi connectivity index (χ3n) is 2.09. The first kappa shape index (κ1) is 12.6. The van der Waals surface area contributed by atoms with E-state index in [0.29, 0.717) is 11.0 Å². The van der Waals surface area contributed by atoms with E-state index in [-0.39, 0.29) is 5.76 Å². The summed E-state index contributed by atoms with van der Waals surface area (Å²) in [6.45, 7) is 8.31. The van der Waals surface area contributed by atoms with Crippen molar-refractivity contribution in [1.29, 1.82) is 0 Å². The van der Waals surface area contributed by atoms with Crippen LogP contribution in [0.2, 0.25) is 0 Å². The Bertz CT molecular complexity index is 424. The van der Waals surface area contributed by atoms with E-state index in [0.717, 1.165) is 12.1 Å². The van der Waals surface area contributed by atoms with Gasteiger partial charge in [0.25, 0.3) is 0 Å². The van der Waals surface area contributed by atoms with Gasteiger partial charge in [-0.15, -0.1) is 0 Å². The molecule has 0 bridgehead atoms. The molecule has 0 aliphatic heterocycles. The first-order chi connectivity index (χ1) is 7.38. The first-order valence-electron chi connectivity index (χ1n) is 4.46. The number of alkyl halides is 3. The summed E-state index contributed by atoms with van der Waals surface area (Å²) >= 11 is 0. The monoisotopic (exact) mass is 226 g/mol. The van der Waals surface area contributed by atoms with Crippen LogP contribution in [-0.2, 0) is 10.9 Å². The standard InChI is InChI=1S/C11H10BF3O/c1-7(16-3)8-4-9(11(13,14)15)6-10(5-8)12-2/h4-6H,1-2H2,3H3. The zero-order chi connectivity index (χ0) is 12.3. The fourth-order valence-corrected chi connectivity index (χ4v) is 1.21. The van der Waals surface area contributed by atoms with Gasteiger partial charge in [0.1, 0.15) is 0 Å². The summed E-state index contributed by atoms with van der Waals surface area (Å²) in [7, 11) is 1.36.